The number of urea groups is 1. The van der Waals surface area contributed by atoms with Gasteiger partial charge in [0.1, 0.15) is 0 Å². The maximum absolute atomic E-state index is 12.2. The van der Waals surface area contributed by atoms with E-state index in [-0.39, 0.29) is 11.8 Å². The highest BCUT2D eigenvalue weighted by molar-refractivity contribution is 6.10. The third-order valence-electron chi connectivity index (χ3n) is 2.82. The zero-order chi connectivity index (χ0) is 14.5. The molecular weight excluding hydrogens is 254 g/mol. The highest BCUT2D eigenvalue weighted by atomic mass is 16.2. The van der Waals surface area contributed by atoms with Gasteiger partial charge in [0.2, 0.25) is 0 Å². The number of ketones is 1. The van der Waals surface area contributed by atoms with Gasteiger partial charge in [-0.15, -0.1) is 0 Å². The number of nitrogen functional groups attached to an aromatic ring is 1. The fourth-order valence-corrected chi connectivity index (χ4v) is 1.76. The molecule has 0 heterocycles. The Balaban J connectivity index is 2.25. The highest BCUT2D eigenvalue weighted by Crippen LogP contribution is 2.21. The fraction of sp³-hybridized carbons (Fsp3) is 0.0667. The lowest BCUT2D eigenvalue weighted by atomic mass is 10.0. The molecule has 0 spiro atoms. The predicted molar refractivity (Wildman–Crippen MR) is 78.8 cm³/mol. The maximum atomic E-state index is 12.2. The number of nitrogens with two attached hydrogens (primary N) is 1. The molecule has 0 saturated carbocycles. The third-order valence-corrected chi connectivity index (χ3v) is 2.82. The van der Waals surface area contributed by atoms with E-state index in [9.17, 15) is 9.59 Å². The normalized spacial score (nSPS) is 9.85. The van der Waals surface area contributed by atoms with Crippen molar-refractivity contribution in [2.45, 2.75) is 0 Å². The summed E-state index contributed by atoms with van der Waals surface area (Å²) in [6, 6.07) is 13.4. The minimum atomic E-state index is -0.362. The number of carbonyl (C=O) groups is 2. The molecule has 0 fully saturated rings. The minimum absolute atomic E-state index is 0.108. The zero-order valence-corrected chi connectivity index (χ0v) is 11.0. The lowest BCUT2D eigenvalue weighted by molar-refractivity contribution is 0.103. The van der Waals surface area contributed by atoms with E-state index in [1.807, 2.05) is 6.07 Å². The molecular formula is C15H15N3O2. The van der Waals surface area contributed by atoms with E-state index in [1.165, 1.54) is 7.05 Å². The Kier molecular flexibility index (Phi) is 4.00. The van der Waals surface area contributed by atoms with E-state index >= 15 is 0 Å². The molecule has 0 aliphatic carbocycles. The fourth-order valence-electron chi connectivity index (χ4n) is 1.76. The van der Waals surface area contributed by atoms with E-state index in [0.717, 1.165) is 0 Å². The summed E-state index contributed by atoms with van der Waals surface area (Å²) in [5.41, 5.74) is 7.73. The first-order valence-electron chi connectivity index (χ1n) is 6.10. The second-order valence-corrected chi connectivity index (χ2v) is 4.20. The molecule has 5 nitrogen and oxygen atoms in total. The van der Waals surface area contributed by atoms with E-state index in [4.69, 9.17) is 5.73 Å². The Hall–Kier alpha value is -2.82. The topological polar surface area (TPSA) is 84.2 Å². The van der Waals surface area contributed by atoms with Crippen molar-refractivity contribution in [3.8, 4) is 0 Å². The Labute approximate surface area is 116 Å². The molecule has 0 aliphatic heterocycles. The first-order valence-corrected chi connectivity index (χ1v) is 6.10. The Bertz CT molecular complexity index is 639. The number of carbonyl (C=O) groups excluding carboxylic acids is 2. The van der Waals surface area contributed by atoms with Gasteiger partial charge < -0.3 is 16.4 Å². The molecule has 20 heavy (non-hydrogen) atoms. The van der Waals surface area contributed by atoms with Gasteiger partial charge in [0.15, 0.2) is 5.78 Å². The van der Waals surface area contributed by atoms with Gasteiger partial charge in [-0.25, -0.2) is 4.79 Å². The van der Waals surface area contributed by atoms with Crippen molar-refractivity contribution in [2.75, 3.05) is 18.1 Å². The molecule has 0 saturated heterocycles. The second-order valence-electron chi connectivity index (χ2n) is 4.20. The summed E-state index contributed by atoms with van der Waals surface area (Å²) in [6.45, 7) is 0. The van der Waals surface area contributed by atoms with Crippen molar-refractivity contribution in [3.63, 3.8) is 0 Å². The van der Waals surface area contributed by atoms with Gasteiger partial charge in [0.05, 0.1) is 11.4 Å². The molecule has 2 amide bonds. The molecule has 5 heteroatoms. The molecule has 0 radical (unpaired) electrons. The summed E-state index contributed by atoms with van der Waals surface area (Å²) in [4.78, 5) is 23.5. The number of amides is 2. The summed E-state index contributed by atoms with van der Waals surface area (Å²) in [6.07, 6.45) is 0. The summed E-state index contributed by atoms with van der Waals surface area (Å²) in [5.74, 6) is -0.108. The van der Waals surface area contributed by atoms with E-state index in [0.29, 0.717) is 22.5 Å². The lowest BCUT2D eigenvalue weighted by Crippen LogP contribution is -2.25. The lowest BCUT2D eigenvalue weighted by Gasteiger charge is -2.09. The molecule has 2 rings (SSSR count). The summed E-state index contributed by atoms with van der Waals surface area (Å²) < 4.78 is 0. The van der Waals surface area contributed by atoms with Crippen LogP contribution in [-0.4, -0.2) is 18.9 Å². The van der Waals surface area contributed by atoms with Crippen LogP contribution in [0.15, 0.2) is 48.5 Å². The number of rotatable bonds is 3. The maximum Gasteiger partial charge on any atom is 0.319 e. The molecule has 102 valence electrons. The van der Waals surface area contributed by atoms with Gasteiger partial charge >= 0.3 is 6.03 Å². The Morgan fingerprint density at radius 2 is 1.70 bits per heavy atom. The quantitative estimate of drug-likeness (QED) is 0.590. The van der Waals surface area contributed by atoms with Crippen molar-refractivity contribution < 1.29 is 9.59 Å². The molecule has 0 unspecified atom stereocenters. The third kappa shape index (κ3) is 2.95. The van der Waals surface area contributed by atoms with Crippen LogP contribution in [0, 0.1) is 0 Å². The molecule has 2 aromatic carbocycles. The van der Waals surface area contributed by atoms with Gasteiger partial charge in [-0.1, -0.05) is 30.3 Å². The number of hydrogen-bond acceptors (Lipinski definition) is 3. The van der Waals surface area contributed by atoms with Crippen LogP contribution in [-0.2, 0) is 0 Å². The van der Waals surface area contributed by atoms with Crippen LogP contribution in [0.1, 0.15) is 15.9 Å². The Morgan fingerprint density at radius 3 is 2.30 bits per heavy atom. The second kappa shape index (κ2) is 5.88. The first-order chi connectivity index (χ1) is 9.61. The van der Waals surface area contributed by atoms with E-state index in [1.54, 1.807) is 42.5 Å². The summed E-state index contributed by atoms with van der Waals surface area (Å²) in [5, 5.41) is 5.01. The predicted octanol–water partition coefficient (Wildman–Crippen LogP) is 2.25. The average molecular weight is 269 g/mol. The average Bonchev–Trinajstić information content (AvgIpc) is 2.49. The van der Waals surface area contributed by atoms with Crippen LogP contribution in [0.5, 0.6) is 0 Å². The van der Waals surface area contributed by atoms with Crippen LogP contribution in [0.2, 0.25) is 0 Å². The molecule has 0 aromatic heterocycles. The largest absolute Gasteiger partial charge is 0.397 e. The monoisotopic (exact) mass is 269 g/mol. The van der Waals surface area contributed by atoms with Crippen molar-refractivity contribution >= 4 is 23.2 Å². The van der Waals surface area contributed by atoms with Crippen molar-refractivity contribution in [3.05, 3.63) is 59.7 Å². The molecule has 0 bridgehead atoms. The van der Waals surface area contributed by atoms with Crippen molar-refractivity contribution in [1.82, 2.24) is 5.32 Å². The summed E-state index contributed by atoms with van der Waals surface area (Å²) >= 11 is 0. The highest BCUT2D eigenvalue weighted by Gasteiger charge is 2.11. The smallest absolute Gasteiger partial charge is 0.319 e. The van der Waals surface area contributed by atoms with Crippen LogP contribution < -0.4 is 16.4 Å². The number of hydrogen-bond donors (Lipinski definition) is 3. The first kappa shape index (κ1) is 13.6. The van der Waals surface area contributed by atoms with Gasteiger partial charge in [-0.2, -0.15) is 0 Å². The van der Waals surface area contributed by atoms with Gasteiger partial charge in [-0.05, 0) is 18.2 Å². The van der Waals surface area contributed by atoms with Crippen LogP contribution in [0.25, 0.3) is 0 Å². The van der Waals surface area contributed by atoms with Crippen LogP contribution in [0.3, 0.4) is 0 Å². The van der Waals surface area contributed by atoms with Gasteiger partial charge in [0.25, 0.3) is 0 Å². The number of benzene rings is 2. The standard InChI is InChI=1S/C15H15N3O2/c1-17-15(20)18-13-8-7-11(9-12(13)16)14(19)10-5-3-2-4-6-10/h2-9H,16H2,1H3,(H2,17,18,20). The summed E-state index contributed by atoms with van der Waals surface area (Å²) in [7, 11) is 1.51. The number of anilines is 2. The Morgan fingerprint density at radius 1 is 1.00 bits per heavy atom. The van der Waals surface area contributed by atoms with Crippen molar-refractivity contribution in [2.24, 2.45) is 0 Å². The number of nitrogens with one attached hydrogen (secondary N) is 2. The van der Waals surface area contributed by atoms with Crippen LogP contribution >= 0.6 is 0 Å². The van der Waals surface area contributed by atoms with Crippen LogP contribution in [0.4, 0.5) is 16.2 Å². The SMILES string of the molecule is CNC(=O)Nc1ccc(C(=O)c2ccccc2)cc1N. The zero-order valence-electron chi connectivity index (χ0n) is 11.0. The van der Waals surface area contributed by atoms with Gasteiger partial charge in [-0.3, -0.25) is 4.79 Å². The van der Waals surface area contributed by atoms with E-state index in [2.05, 4.69) is 10.6 Å². The van der Waals surface area contributed by atoms with Gasteiger partial charge in [0, 0.05) is 18.2 Å². The molecule has 0 aliphatic rings. The molecule has 0 atom stereocenters. The molecule has 2 aromatic rings. The van der Waals surface area contributed by atoms with E-state index < -0.39 is 0 Å². The minimum Gasteiger partial charge on any atom is -0.397 e. The molecule has 4 N–H and O–H groups in total. The van der Waals surface area contributed by atoms with Crippen molar-refractivity contribution in [1.29, 1.82) is 0 Å².